The van der Waals surface area contributed by atoms with Gasteiger partial charge in [0.2, 0.25) is 0 Å². The summed E-state index contributed by atoms with van der Waals surface area (Å²) in [5.74, 6) is 1.01. The molecule has 34 heavy (non-hydrogen) atoms. The Bertz CT molecular complexity index is 1320. The van der Waals surface area contributed by atoms with E-state index in [0.29, 0.717) is 17.2 Å². The van der Waals surface area contributed by atoms with E-state index in [0.717, 1.165) is 41.6 Å². The quantitative estimate of drug-likeness (QED) is 0.262. The number of Topliss-reactive ketones (excluding diaryl/α,β-unsaturated/α-hetero) is 1. The summed E-state index contributed by atoms with van der Waals surface area (Å²) in [5, 5.41) is 11.7. The van der Waals surface area contributed by atoms with Crippen LogP contribution in [0.25, 0.3) is 0 Å². The van der Waals surface area contributed by atoms with E-state index in [9.17, 15) is 9.59 Å². The SMILES string of the molecule is Cc1cc(C(=O)CSc2nnc(Cc3cccs3)n2C2CC2)c(C)n1NC(=O)c1ccccc1. The zero-order valence-electron chi connectivity index (χ0n) is 19.0. The van der Waals surface area contributed by atoms with E-state index in [4.69, 9.17) is 0 Å². The maximum Gasteiger partial charge on any atom is 0.270 e. The van der Waals surface area contributed by atoms with Crippen LogP contribution in [0.5, 0.6) is 0 Å². The van der Waals surface area contributed by atoms with Crippen molar-refractivity contribution in [1.29, 1.82) is 0 Å². The minimum atomic E-state index is -0.216. The van der Waals surface area contributed by atoms with Gasteiger partial charge in [0, 0.05) is 39.9 Å². The van der Waals surface area contributed by atoms with Crippen molar-refractivity contribution in [2.45, 2.75) is 44.3 Å². The van der Waals surface area contributed by atoms with Crippen molar-refractivity contribution in [3.05, 3.63) is 87.1 Å². The molecule has 7 nitrogen and oxygen atoms in total. The van der Waals surface area contributed by atoms with Gasteiger partial charge in [-0.1, -0.05) is 36.0 Å². The Balaban J connectivity index is 1.29. The molecular weight excluding hydrogens is 466 g/mol. The zero-order chi connectivity index (χ0) is 23.7. The van der Waals surface area contributed by atoms with Gasteiger partial charge in [0.1, 0.15) is 5.82 Å². The molecule has 1 aliphatic rings. The molecular formula is C25H25N5O2S2. The van der Waals surface area contributed by atoms with Crippen LogP contribution < -0.4 is 5.43 Å². The van der Waals surface area contributed by atoms with Crippen LogP contribution in [0.4, 0.5) is 0 Å². The summed E-state index contributed by atoms with van der Waals surface area (Å²) in [6.45, 7) is 3.73. The van der Waals surface area contributed by atoms with Gasteiger partial charge in [-0.2, -0.15) is 0 Å². The molecule has 0 aliphatic heterocycles. The number of benzene rings is 1. The molecule has 0 atom stereocenters. The Labute approximate surface area is 206 Å². The van der Waals surface area contributed by atoms with Crippen molar-refractivity contribution in [1.82, 2.24) is 19.4 Å². The van der Waals surface area contributed by atoms with Crippen molar-refractivity contribution in [3.63, 3.8) is 0 Å². The van der Waals surface area contributed by atoms with Crippen LogP contribution >= 0.6 is 23.1 Å². The number of rotatable bonds is 9. The number of carbonyl (C=O) groups excluding carboxylic acids is 2. The molecule has 1 amide bonds. The highest BCUT2D eigenvalue weighted by Gasteiger charge is 2.30. The van der Waals surface area contributed by atoms with Gasteiger partial charge in [0.05, 0.1) is 5.75 Å². The molecule has 0 bridgehead atoms. The first-order chi connectivity index (χ1) is 16.5. The molecule has 1 N–H and O–H groups in total. The lowest BCUT2D eigenvalue weighted by Crippen LogP contribution is -2.25. The molecule has 174 valence electrons. The lowest BCUT2D eigenvalue weighted by Gasteiger charge is -2.12. The van der Waals surface area contributed by atoms with Crippen LogP contribution in [-0.4, -0.2) is 36.9 Å². The summed E-state index contributed by atoms with van der Waals surface area (Å²) in [5.41, 5.74) is 5.58. The Morgan fingerprint density at radius 1 is 1.12 bits per heavy atom. The molecule has 9 heteroatoms. The van der Waals surface area contributed by atoms with E-state index in [-0.39, 0.29) is 17.4 Å². The zero-order valence-corrected chi connectivity index (χ0v) is 20.7. The summed E-state index contributed by atoms with van der Waals surface area (Å²) < 4.78 is 3.89. The van der Waals surface area contributed by atoms with E-state index in [1.165, 1.54) is 16.6 Å². The standard InChI is InChI=1S/C25H25N5O2S2/c1-16-13-21(17(2)30(16)28-24(32)18-7-4-3-5-8-18)22(31)15-34-25-27-26-23(29(25)19-10-11-19)14-20-9-6-12-33-20/h3-9,12-13,19H,10-11,14-15H2,1-2H3,(H,28,32). The number of ketones is 1. The number of nitrogens with one attached hydrogen (secondary N) is 1. The molecule has 3 aromatic heterocycles. The molecule has 1 saturated carbocycles. The Hall–Kier alpha value is -3.17. The average Bonchev–Trinajstić information content (AvgIpc) is 3.27. The van der Waals surface area contributed by atoms with Crippen LogP contribution in [0.2, 0.25) is 0 Å². The van der Waals surface area contributed by atoms with Gasteiger partial charge in [-0.25, -0.2) is 0 Å². The van der Waals surface area contributed by atoms with Crippen molar-refractivity contribution < 1.29 is 9.59 Å². The molecule has 1 aromatic carbocycles. The second kappa shape index (κ2) is 9.60. The molecule has 1 aliphatic carbocycles. The van der Waals surface area contributed by atoms with Gasteiger partial charge in [0.25, 0.3) is 5.91 Å². The van der Waals surface area contributed by atoms with Gasteiger partial charge in [-0.15, -0.1) is 21.5 Å². The van der Waals surface area contributed by atoms with E-state index >= 15 is 0 Å². The van der Waals surface area contributed by atoms with Crippen molar-refractivity contribution in [3.8, 4) is 0 Å². The van der Waals surface area contributed by atoms with E-state index < -0.39 is 0 Å². The average molecular weight is 492 g/mol. The lowest BCUT2D eigenvalue weighted by atomic mass is 10.2. The molecule has 5 rings (SSSR count). The molecule has 4 aromatic rings. The highest BCUT2D eigenvalue weighted by Crippen LogP contribution is 2.39. The number of hydrogen-bond donors (Lipinski definition) is 1. The maximum absolute atomic E-state index is 13.1. The van der Waals surface area contributed by atoms with Crippen molar-refractivity contribution >= 4 is 34.8 Å². The molecule has 0 spiro atoms. The van der Waals surface area contributed by atoms with Crippen molar-refractivity contribution in [2.75, 3.05) is 11.2 Å². The Morgan fingerprint density at radius 2 is 1.91 bits per heavy atom. The summed E-state index contributed by atoms with van der Waals surface area (Å²) in [4.78, 5) is 27.0. The number of hydrogen-bond acceptors (Lipinski definition) is 6. The van der Waals surface area contributed by atoms with Gasteiger partial charge >= 0.3 is 0 Å². The summed E-state index contributed by atoms with van der Waals surface area (Å²) in [6, 6.07) is 15.4. The Kier molecular flexibility index (Phi) is 6.38. The third-order valence-electron chi connectivity index (χ3n) is 5.87. The molecule has 0 unspecified atom stereocenters. The van der Waals surface area contributed by atoms with Crippen LogP contribution in [-0.2, 0) is 6.42 Å². The number of nitrogens with zero attached hydrogens (tertiary/aromatic N) is 4. The topological polar surface area (TPSA) is 81.8 Å². The fourth-order valence-corrected chi connectivity index (χ4v) is 5.58. The van der Waals surface area contributed by atoms with E-state index in [1.54, 1.807) is 28.1 Å². The fourth-order valence-electron chi connectivity index (χ4n) is 3.98. The highest BCUT2D eigenvalue weighted by molar-refractivity contribution is 7.99. The molecule has 0 saturated heterocycles. The summed E-state index contributed by atoms with van der Waals surface area (Å²) in [6.07, 6.45) is 3.01. The monoisotopic (exact) mass is 491 g/mol. The first kappa shape index (κ1) is 22.6. The largest absolute Gasteiger partial charge is 0.303 e. The number of aryl methyl sites for hydroxylation is 1. The second-order valence-electron chi connectivity index (χ2n) is 8.40. The smallest absolute Gasteiger partial charge is 0.270 e. The van der Waals surface area contributed by atoms with Crippen LogP contribution in [0.15, 0.2) is 59.1 Å². The first-order valence-electron chi connectivity index (χ1n) is 11.2. The molecule has 1 fully saturated rings. The number of thiophene rings is 1. The maximum atomic E-state index is 13.1. The number of thioether (sulfide) groups is 1. The van der Waals surface area contributed by atoms with Crippen molar-refractivity contribution in [2.24, 2.45) is 0 Å². The van der Waals surface area contributed by atoms with E-state index in [2.05, 4.69) is 31.6 Å². The minimum Gasteiger partial charge on any atom is -0.303 e. The number of carbonyl (C=O) groups is 2. The first-order valence-corrected chi connectivity index (χ1v) is 13.1. The third kappa shape index (κ3) is 4.71. The van der Waals surface area contributed by atoms with Crippen LogP contribution in [0.1, 0.15) is 61.7 Å². The van der Waals surface area contributed by atoms with Gasteiger partial charge < -0.3 is 4.57 Å². The number of amides is 1. The van der Waals surface area contributed by atoms with Crippen LogP contribution in [0.3, 0.4) is 0 Å². The lowest BCUT2D eigenvalue weighted by molar-refractivity contribution is 0.0999. The van der Waals surface area contributed by atoms with Gasteiger partial charge in [-0.3, -0.25) is 19.7 Å². The van der Waals surface area contributed by atoms with Crippen LogP contribution in [0, 0.1) is 13.8 Å². The molecule has 3 heterocycles. The predicted molar refractivity (Wildman–Crippen MR) is 135 cm³/mol. The molecule has 0 radical (unpaired) electrons. The minimum absolute atomic E-state index is 0.00321. The fraction of sp³-hybridized carbons (Fsp3) is 0.280. The predicted octanol–water partition coefficient (Wildman–Crippen LogP) is 5.04. The van der Waals surface area contributed by atoms with Gasteiger partial charge in [0.15, 0.2) is 10.9 Å². The number of aromatic nitrogens is 4. The highest BCUT2D eigenvalue weighted by atomic mass is 32.2. The second-order valence-corrected chi connectivity index (χ2v) is 10.4. The summed E-state index contributed by atoms with van der Waals surface area (Å²) >= 11 is 3.15. The third-order valence-corrected chi connectivity index (χ3v) is 7.69. The Morgan fingerprint density at radius 3 is 2.62 bits per heavy atom. The normalized spacial score (nSPS) is 13.2. The summed E-state index contributed by atoms with van der Waals surface area (Å²) in [7, 11) is 0. The van der Waals surface area contributed by atoms with E-state index in [1.807, 2.05) is 44.2 Å². The van der Waals surface area contributed by atoms with Gasteiger partial charge in [-0.05, 0) is 56.3 Å².